The Morgan fingerprint density at radius 2 is 1.71 bits per heavy atom. The molecule has 1 amide bonds. The molecule has 1 fully saturated rings. The van der Waals surface area contributed by atoms with Gasteiger partial charge in [-0.2, -0.15) is 0 Å². The van der Waals surface area contributed by atoms with Crippen molar-refractivity contribution in [3.63, 3.8) is 0 Å². The van der Waals surface area contributed by atoms with Crippen LogP contribution >= 0.6 is 0 Å². The van der Waals surface area contributed by atoms with E-state index in [-0.39, 0.29) is 11.3 Å². The normalized spacial score (nSPS) is 28.2. The van der Waals surface area contributed by atoms with Crippen LogP contribution in [0.1, 0.15) is 52.9 Å². The van der Waals surface area contributed by atoms with Crippen LogP contribution in [0, 0.1) is 5.41 Å². The van der Waals surface area contributed by atoms with Crippen LogP contribution in [0.4, 0.5) is 0 Å². The molecule has 4 heteroatoms. The van der Waals surface area contributed by atoms with Gasteiger partial charge in [0.1, 0.15) is 5.54 Å². The molecule has 98 valence electrons. The fraction of sp³-hybridized carbons (Fsp3) is 0.846. The van der Waals surface area contributed by atoms with Gasteiger partial charge >= 0.3 is 5.97 Å². The highest BCUT2D eigenvalue weighted by atomic mass is 16.4. The second kappa shape index (κ2) is 4.67. The third-order valence-corrected chi connectivity index (χ3v) is 4.17. The number of carboxylic acid groups (broad SMARTS) is 1. The Balaban J connectivity index is 3.01. The van der Waals surface area contributed by atoms with Crippen molar-refractivity contribution in [3.8, 4) is 0 Å². The molecule has 0 saturated heterocycles. The molecule has 1 aliphatic carbocycles. The minimum atomic E-state index is -1.00. The van der Waals surface area contributed by atoms with E-state index >= 15 is 0 Å². The van der Waals surface area contributed by atoms with Gasteiger partial charge in [0.15, 0.2) is 0 Å². The third kappa shape index (κ3) is 2.79. The maximum Gasteiger partial charge on any atom is 0.329 e. The van der Waals surface area contributed by atoms with Crippen molar-refractivity contribution in [1.29, 1.82) is 0 Å². The minimum absolute atomic E-state index is 0.174. The van der Waals surface area contributed by atoms with Crippen LogP contribution in [0.15, 0.2) is 0 Å². The highest BCUT2D eigenvalue weighted by Gasteiger charge is 2.46. The van der Waals surface area contributed by atoms with Crippen molar-refractivity contribution in [2.75, 3.05) is 7.05 Å². The summed E-state index contributed by atoms with van der Waals surface area (Å²) in [6.07, 6.45) is 3.83. The maximum absolute atomic E-state index is 11.6. The van der Waals surface area contributed by atoms with Crippen LogP contribution in [0.5, 0.6) is 0 Å². The largest absolute Gasteiger partial charge is 0.479 e. The summed E-state index contributed by atoms with van der Waals surface area (Å²) in [5.74, 6) is -1.04. The van der Waals surface area contributed by atoms with Crippen LogP contribution in [0.3, 0.4) is 0 Å². The second-order valence-electron chi connectivity index (χ2n) is 5.93. The van der Waals surface area contributed by atoms with E-state index in [1.165, 1.54) is 11.8 Å². The summed E-state index contributed by atoms with van der Waals surface area (Å²) in [7, 11) is 1.61. The quantitative estimate of drug-likeness (QED) is 0.754. The molecule has 0 bridgehead atoms. The standard InChI is InChI=1S/C13H23NO3/c1-10(15)14(4)13(11(16)17)7-5-6-12(2,3)8-9-13/h5-9H2,1-4H3,(H,16,17). The van der Waals surface area contributed by atoms with Crippen molar-refractivity contribution in [3.05, 3.63) is 0 Å². The number of hydrogen-bond donors (Lipinski definition) is 1. The van der Waals surface area contributed by atoms with Gasteiger partial charge in [-0.15, -0.1) is 0 Å². The number of amides is 1. The van der Waals surface area contributed by atoms with Gasteiger partial charge in [-0.1, -0.05) is 13.8 Å². The molecule has 0 aromatic heterocycles. The van der Waals surface area contributed by atoms with Crippen LogP contribution in [0.25, 0.3) is 0 Å². The lowest BCUT2D eigenvalue weighted by Crippen LogP contribution is -2.54. The lowest BCUT2D eigenvalue weighted by Gasteiger charge is -2.37. The van der Waals surface area contributed by atoms with E-state index < -0.39 is 11.5 Å². The molecule has 0 aliphatic heterocycles. The molecule has 1 aliphatic rings. The van der Waals surface area contributed by atoms with Gasteiger partial charge in [0.2, 0.25) is 5.91 Å². The van der Waals surface area contributed by atoms with Crippen LogP contribution in [0.2, 0.25) is 0 Å². The summed E-state index contributed by atoms with van der Waals surface area (Å²) < 4.78 is 0. The zero-order chi connectivity index (χ0) is 13.3. The van der Waals surface area contributed by atoms with Crippen molar-refractivity contribution >= 4 is 11.9 Å². The number of carbonyl (C=O) groups excluding carboxylic acids is 1. The van der Waals surface area contributed by atoms with Crippen molar-refractivity contribution in [2.45, 2.75) is 58.4 Å². The maximum atomic E-state index is 11.6. The van der Waals surface area contributed by atoms with E-state index in [1.54, 1.807) is 7.05 Å². The Morgan fingerprint density at radius 3 is 2.18 bits per heavy atom. The van der Waals surface area contributed by atoms with Crippen molar-refractivity contribution in [2.24, 2.45) is 5.41 Å². The number of carboxylic acids is 1. The van der Waals surface area contributed by atoms with E-state index in [4.69, 9.17) is 0 Å². The minimum Gasteiger partial charge on any atom is -0.479 e. The Bertz CT molecular complexity index is 325. The Labute approximate surface area is 103 Å². The summed E-state index contributed by atoms with van der Waals surface area (Å²) in [4.78, 5) is 24.5. The summed E-state index contributed by atoms with van der Waals surface area (Å²) >= 11 is 0. The number of likely N-dealkylation sites (N-methyl/N-ethyl adjacent to an activating group) is 1. The SMILES string of the molecule is CC(=O)N(C)C1(C(=O)O)CCCC(C)(C)CC1. The predicted octanol–water partition coefficient (Wildman–Crippen LogP) is 2.28. The number of aliphatic carboxylic acids is 1. The molecule has 1 rings (SSSR count). The van der Waals surface area contributed by atoms with Gasteiger partial charge < -0.3 is 10.0 Å². The first kappa shape index (κ1) is 14.0. The molecular weight excluding hydrogens is 218 g/mol. The van der Waals surface area contributed by atoms with E-state index in [0.717, 1.165) is 19.3 Å². The molecule has 4 nitrogen and oxygen atoms in total. The first-order valence-corrected chi connectivity index (χ1v) is 6.19. The predicted molar refractivity (Wildman–Crippen MR) is 65.7 cm³/mol. The van der Waals surface area contributed by atoms with Gasteiger partial charge in [-0.05, 0) is 37.5 Å². The molecule has 0 spiro atoms. The first-order chi connectivity index (χ1) is 7.71. The van der Waals surface area contributed by atoms with E-state index in [1.807, 2.05) is 0 Å². The number of rotatable bonds is 2. The van der Waals surface area contributed by atoms with Gasteiger partial charge in [0.05, 0.1) is 0 Å². The molecule has 1 N–H and O–H groups in total. The van der Waals surface area contributed by atoms with E-state index in [9.17, 15) is 14.7 Å². The summed E-state index contributed by atoms with van der Waals surface area (Å²) in [6.45, 7) is 5.76. The summed E-state index contributed by atoms with van der Waals surface area (Å²) in [5, 5.41) is 9.51. The average molecular weight is 241 g/mol. The molecule has 1 saturated carbocycles. The highest BCUT2D eigenvalue weighted by Crippen LogP contribution is 2.40. The Hall–Kier alpha value is -1.06. The molecule has 17 heavy (non-hydrogen) atoms. The molecular formula is C13H23NO3. The van der Waals surface area contributed by atoms with Gasteiger partial charge in [0, 0.05) is 14.0 Å². The topological polar surface area (TPSA) is 57.6 Å². The molecule has 0 heterocycles. The fourth-order valence-corrected chi connectivity index (χ4v) is 2.65. The van der Waals surface area contributed by atoms with Crippen molar-refractivity contribution < 1.29 is 14.7 Å². The number of nitrogens with zero attached hydrogens (tertiary/aromatic N) is 1. The number of carbonyl (C=O) groups is 2. The first-order valence-electron chi connectivity index (χ1n) is 6.19. The Morgan fingerprint density at radius 1 is 1.12 bits per heavy atom. The molecule has 0 aromatic rings. The van der Waals surface area contributed by atoms with Crippen LogP contribution in [-0.2, 0) is 9.59 Å². The summed E-state index contributed by atoms with van der Waals surface area (Å²) in [6, 6.07) is 0. The lowest BCUT2D eigenvalue weighted by molar-refractivity contribution is -0.158. The Kier molecular flexibility index (Phi) is 3.84. The second-order valence-corrected chi connectivity index (χ2v) is 5.93. The third-order valence-electron chi connectivity index (χ3n) is 4.17. The zero-order valence-electron chi connectivity index (χ0n) is 11.2. The molecule has 0 aromatic carbocycles. The van der Waals surface area contributed by atoms with E-state index in [0.29, 0.717) is 12.8 Å². The molecule has 1 unspecified atom stereocenters. The van der Waals surface area contributed by atoms with Crippen LogP contribution in [-0.4, -0.2) is 34.5 Å². The van der Waals surface area contributed by atoms with Gasteiger partial charge in [0.25, 0.3) is 0 Å². The highest BCUT2D eigenvalue weighted by molar-refractivity contribution is 5.85. The average Bonchev–Trinajstić information content (AvgIpc) is 2.36. The van der Waals surface area contributed by atoms with Gasteiger partial charge in [-0.25, -0.2) is 4.79 Å². The van der Waals surface area contributed by atoms with Gasteiger partial charge in [-0.3, -0.25) is 4.79 Å². The number of hydrogen-bond acceptors (Lipinski definition) is 2. The summed E-state index contributed by atoms with van der Waals surface area (Å²) in [5.41, 5.74) is -0.825. The fourth-order valence-electron chi connectivity index (χ4n) is 2.65. The van der Waals surface area contributed by atoms with E-state index in [2.05, 4.69) is 13.8 Å². The zero-order valence-corrected chi connectivity index (χ0v) is 11.2. The molecule has 0 radical (unpaired) electrons. The lowest BCUT2D eigenvalue weighted by atomic mass is 9.83. The smallest absolute Gasteiger partial charge is 0.329 e. The molecule has 1 atom stereocenters. The van der Waals surface area contributed by atoms with Crippen LogP contribution < -0.4 is 0 Å². The van der Waals surface area contributed by atoms with Crippen molar-refractivity contribution in [1.82, 2.24) is 4.90 Å². The monoisotopic (exact) mass is 241 g/mol.